The van der Waals surface area contributed by atoms with Crippen LogP contribution in [0.15, 0.2) is 18.2 Å². The van der Waals surface area contributed by atoms with Crippen molar-refractivity contribution < 1.29 is 13.5 Å². The lowest BCUT2D eigenvalue weighted by Crippen LogP contribution is -2.16. The van der Waals surface area contributed by atoms with Crippen LogP contribution in [0.3, 0.4) is 0 Å². The van der Waals surface area contributed by atoms with Crippen molar-refractivity contribution in [1.29, 1.82) is 0 Å². The normalized spacial score (nSPS) is 12.5. The molecule has 0 bridgehead atoms. The highest BCUT2D eigenvalue weighted by atomic mass is 19.2. The molecule has 2 nitrogen and oxygen atoms in total. The highest BCUT2D eigenvalue weighted by Gasteiger charge is 2.11. The largest absolute Gasteiger partial charge is 0.488 e. The van der Waals surface area contributed by atoms with E-state index >= 15 is 0 Å². The molecule has 0 heterocycles. The molecule has 0 saturated heterocycles. The summed E-state index contributed by atoms with van der Waals surface area (Å²) in [6.45, 7) is 2.74. The van der Waals surface area contributed by atoms with Crippen LogP contribution >= 0.6 is 0 Å². The Morgan fingerprint density at radius 1 is 1.38 bits per heavy atom. The highest BCUT2D eigenvalue weighted by molar-refractivity contribution is 5.25. The van der Waals surface area contributed by atoms with Gasteiger partial charge in [0.15, 0.2) is 11.6 Å². The van der Waals surface area contributed by atoms with Crippen molar-refractivity contribution in [2.75, 3.05) is 13.6 Å². The molecule has 0 amide bonds. The topological polar surface area (TPSA) is 21.3 Å². The second-order valence-corrected chi connectivity index (χ2v) is 3.73. The third kappa shape index (κ3) is 3.77. The van der Waals surface area contributed by atoms with Crippen LogP contribution < -0.4 is 10.1 Å². The maximum atomic E-state index is 13.2. The molecule has 1 N–H and O–H groups in total. The first-order valence-corrected chi connectivity index (χ1v) is 5.40. The quantitative estimate of drug-likeness (QED) is 0.757. The van der Waals surface area contributed by atoms with Gasteiger partial charge in [-0.15, -0.1) is 0 Å². The standard InChI is InChI=1S/C12H17F2NO/c1-9(5-4-8-15-2)16-11-7-3-6-10(13)12(11)14/h3,6-7,9,15H,4-5,8H2,1-2H3. The van der Waals surface area contributed by atoms with Crippen LogP contribution in [0.4, 0.5) is 8.78 Å². The van der Waals surface area contributed by atoms with Gasteiger partial charge in [-0.1, -0.05) is 6.07 Å². The molecule has 1 rings (SSSR count). The Bertz CT molecular complexity index is 331. The molecule has 1 atom stereocenters. The second-order valence-electron chi connectivity index (χ2n) is 3.73. The summed E-state index contributed by atoms with van der Waals surface area (Å²) in [6, 6.07) is 3.95. The Morgan fingerprint density at radius 3 is 2.81 bits per heavy atom. The van der Waals surface area contributed by atoms with E-state index in [0.717, 1.165) is 25.5 Å². The van der Waals surface area contributed by atoms with Crippen LogP contribution in [-0.4, -0.2) is 19.7 Å². The predicted molar refractivity (Wildman–Crippen MR) is 59.6 cm³/mol. The maximum absolute atomic E-state index is 13.2. The van der Waals surface area contributed by atoms with Gasteiger partial charge in [0.2, 0.25) is 5.82 Å². The first kappa shape index (κ1) is 12.9. The molecule has 16 heavy (non-hydrogen) atoms. The number of nitrogens with one attached hydrogen (secondary N) is 1. The van der Waals surface area contributed by atoms with Crippen molar-refractivity contribution in [3.8, 4) is 5.75 Å². The first-order valence-electron chi connectivity index (χ1n) is 5.40. The summed E-state index contributed by atoms with van der Waals surface area (Å²) < 4.78 is 31.4. The summed E-state index contributed by atoms with van der Waals surface area (Å²) in [6.07, 6.45) is 1.62. The fourth-order valence-corrected chi connectivity index (χ4v) is 1.42. The van der Waals surface area contributed by atoms with Crippen molar-refractivity contribution >= 4 is 0 Å². The van der Waals surface area contributed by atoms with E-state index < -0.39 is 11.6 Å². The van der Waals surface area contributed by atoms with Crippen LogP contribution in [0.25, 0.3) is 0 Å². The molecule has 0 radical (unpaired) electrons. The molecule has 1 aromatic rings. The second kappa shape index (κ2) is 6.43. The SMILES string of the molecule is CNCCCC(C)Oc1cccc(F)c1F. The lowest BCUT2D eigenvalue weighted by atomic mass is 10.2. The molecule has 0 spiro atoms. The Hall–Kier alpha value is -1.16. The van der Waals surface area contributed by atoms with Gasteiger partial charge in [0.25, 0.3) is 0 Å². The number of rotatable bonds is 6. The lowest BCUT2D eigenvalue weighted by molar-refractivity contribution is 0.196. The number of ether oxygens (including phenoxy) is 1. The van der Waals surface area contributed by atoms with E-state index in [4.69, 9.17) is 4.74 Å². The molecule has 90 valence electrons. The zero-order valence-electron chi connectivity index (χ0n) is 9.59. The van der Waals surface area contributed by atoms with Crippen molar-refractivity contribution in [3.05, 3.63) is 29.8 Å². The smallest absolute Gasteiger partial charge is 0.200 e. The maximum Gasteiger partial charge on any atom is 0.200 e. The van der Waals surface area contributed by atoms with E-state index in [2.05, 4.69) is 5.32 Å². The van der Waals surface area contributed by atoms with Crippen LogP contribution in [0, 0.1) is 11.6 Å². The average Bonchev–Trinajstić information content (AvgIpc) is 2.25. The molecule has 0 aliphatic rings. The molecule has 0 fully saturated rings. The van der Waals surface area contributed by atoms with Gasteiger partial charge in [0, 0.05) is 0 Å². The van der Waals surface area contributed by atoms with Crippen molar-refractivity contribution in [3.63, 3.8) is 0 Å². The molecule has 1 unspecified atom stereocenters. The number of halogens is 2. The molecule has 0 saturated carbocycles. The third-order valence-electron chi connectivity index (χ3n) is 2.28. The van der Waals surface area contributed by atoms with Crippen LogP contribution in [0.2, 0.25) is 0 Å². The van der Waals surface area contributed by atoms with Crippen molar-refractivity contribution in [2.24, 2.45) is 0 Å². The summed E-state index contributed by atoms with van der Waals surface area (Å²) in [5.74, 6) is -1.81. The fourth-order valence-electron chi connectivity index (χ4n) is 1.42. The molecular formula is C12H17F2NO. The van der Waals surface area contributed by atoms with Gasteiger partial charge in [-0.25, -0.2) is 4.39 Å². The molecular weight excluding hydrogens is 212 g/mol. The summed E-state index contributed by atoms with van der Waals surface area (Å²) in [4.78, 5) is 0. The highest BCUT2D eigenvalue weighted by Crippen LogP contribution is 2.21. The van der Waals surface area contributed by atoms with Gasteiger partial charge in [-0.3, -0.25) is 0 Å². The van der Waals surface area contributed by atoms with E-state index in [-0.39, 0.29) is 11.9 Å². The predicted octanol–water partition coefficient (Wildman–Crippen LogP) is 2.73. The van der Waals surface area contributed by atoms with Crippen molar-refractivity contribution in [1.82, 2.24) is 5.32 Å². The minimum Gasteiger partial charge on any atom is -0.488 e. The van der Waals surface area contributed by atoms with Crippen LogP contribution in [-0.2, 0) is 0 Å². The summed E-state index contributed by atoms with van der Waals surface area (Å²) in [5.41, 5.74) is 0. The molecule has 1 aromatic carbocycles. The van der Waals surface area contributed by atoms with Gasteiger partial charge in [-0.2, -0.15) is 4.39 Å². The Labute approximate surface area is 94.6 Å². The Kier molecular flexibility index (Phi) is 5.19. The number of benzene rings is 1. The van der Waals surface area contributed by atoms with Crippen LogP contribution in [0.5, 0.6) is 5.75 Å². The summed E-state index contributed by atoms with van der Waals surface area (Å²) in [5, 5.41) is 3.02. The van der Waals surface area contributed by atoms with E-state index in [9.17, 15) is 8.78 Å². The van der Waals surface area contributed by atoms with Gasteiger partial charge in [-0.05, 0) is 45.5 Å². The van der Waals surface area contributed by atoms with E-state index in [0.29, 0.717) is 0 Å². The molecule has 4 heteroatoms. The third-order valence-corrected chi connectivity index (χ3v) is 2.28. The Morgan fingerprint density at radius 2 is 2.12 bits per heavy atom. The number of hydrogen-bond donors (Lipinski definition) is 1. The van der Waals surface area contributed by atoms with Crippen molar-refractivity contribution in [2.45, 2.75) is 25.9 Å². The van der Waals surface area contributed by atoms with Gasteiger partial charge in [0.1, 0.15) is 0 Å². The average molecular weight is 229 g/mol. The zero-order chi connectivity index (χ0) is 12.0. The van der Waals surface area contributed by atoms with E-state index in [1.807, 2.05) is 14.0 Å². The monoisotopic (exact) mass is 229 g/mol. The van der Waals surface area contributed by atoms with E-state index in [1.165, 1.54) is 12.1 Å². The minimum atomic E-state index is -0.914. The molecule has 0 aromatic heterocycles. The first-order chi connectivity index (χ1) is 7.65. The molecule has 0 aliphatic carbocycles. The number of hydrogen-bond acceptors (Lipinski definition) is 2. The minimum absolute atomic E-state index is 0.0167. The van der Waals surface area contributed by atoms with Gasteiger partial charge >= 0.3 is 0 Å². The molecule has 0 aliphatic heterocycles. The lowest BCUT2D eigenvalue weighted by Gasteiger charge is -2.15. The van der Waals surface area contributed by atoms with E-state index in [1.54, 1.807) is 0 Å². The van der Waals surface area contributed by atoms with Gasteiger partial charge < -0.3 is 10.1 Å². The van der Waals surface area contributed by atoms with Crippen LogP contribution in [0.1, 0.15) is 19.8 Å². The zero-order valence-corrected chi connectivity index (χ0v) is 9.59. The summed E-state index contributed by atoms with van der Waals surface area (Å²) in [7, 11) is 1.87. The summed E-state index contributed by atoms with van der Waals surface area (Å²) >= 11 is 0. The fraction of sp³-hybridized carbons (Fsp3) is 0.500. The Balaban J connectivity index is 2.49. The van der Waals surface area contributed by atoms with Gasteiger partial charge in [0.05, 0.1) is 6.10 Å².